The summed E-state index contributed by atoms with van der Waals surface area (Å²) in [5.41, 5.74) is 3.34. The molecule has 2 nitrogen and oxygen atoms in total. The Morgan fingerprint density at radius 1 is 0.545 bits per heavy atom. The second kappa shape index (κ2) is 4.37. The smallest absolute Gasteiger partial charge is 0.178 e. The number of benzene rings is 3. The summed E-state index contributed by atoms with van der Waals surface area (Å²) in [7, 11) is 0. The molecule has 0 N–H and O–H groups in total. The zero-order valence-corrected chi connectivity index (χ0v) is 14.4. The summed E-state index contributed by atoms with van der Waals surface area (Å²) in [6, 6.07) is 16.3. The fourth-order valence-electron chi connectivity index (χ4n) is 3.01. The Hall–Kier alpha value is -1.78. The molecule has 0 saturated carbocycles. The van der Waals surface area contributed by atoms with Crippen LogP contribution in [0.4, 0.5) is 0 Å². The maximum atomic E-state index is 6.05. The molecule has 0 saturated heterocycles. The Labute approximate surface area is 141 Å². The standard InChI is InChI=1S/C18H8Br2O2/c19-9-1-5-15-13(7-9)11-3-4-12-14-8-10(20)2-6-16(14)22-18(12)17(11)21-15/h1-8H. The molecule has 0 radical (unpaired) electrons. The van der Waals surface area contributed by atoms with Crippen LogP contribution < -0.4 is 0 Å². The molecule has 4 heteroatoms. The van der Waals surface area contributed by atoms with Gasteiger partial charge in [0.25, 0.3) is 0 Å². The lowest BCUT2D eigenvalue weighted by molar-refractivity contribution is 0.633. The maximum absolute atomic E-state index is 6.05. The summed E-state index contributed by atoms with van der Waals surface area (Å²) in [5, 5.41) is 4.32. The van der Waals surface area contributed by atoms with E-state index in [1.807, 2.05) is 24.3 Å². The topological polar surface area (TPSA) is 26.3 Å². The van der Waals surface area contributed by atoms with Crippen LogP contribution in [0.15, 0.2) is 66.3 Å². The largest absolute Gasteiger partial charge is 0.452 e. The van der Waals surface area contributed by atoms with Gasteiger partial charge in [0.1, 0.15) is 11.2 Å². The van der Waals surface area contributed by atoms with Crippen LogP contribution in [0.25, 0.3) is 43.9 Å². The third kappa shape index (κ3) is 1.65. The van der Waals surface area contributed by atoms with Gasteiger partial charge in [0.15, 0.2) is 11.2 Å². The van der Waals surface area contributed by atoms with E-state index in [0.717, 1.165) is 52.8 Å². The van der Waals surface area contributed by atoms with Crippen molar-refractivity contribution >= 4 is 75.7 Å². The number of fused-ring (bicyclic) bond motifs is 7. The summed E-state index contributed by atoms with van der Waals surface area (Å²) < 4.78 is 14.2. The van der Waals surface area contributed by atoms with Crippen LogP contribution in [0.1, 0.15) is 0 Å². The molecule has 0 aliphatic rings. The highest BCUT2D eigenvalue weighted by molar-refractivity contribution is 9.10. The first-order valence-corrected chi connectivity index (χ1v) is 8.42. The Kier molecular flexibility index (Phi) is 2.53. The summed E-state index contributed by atoms with van der Waals surface area (Å²) in [4.78, 5) is 0. The molecule has 0 bridgehead atoms. The minimum atomic E-state index is 0.804. The van der Waals surface area contributed by atoms with E-state index >= 15 is 0 Å². The van der Waals surface area contributed by atoms with E-state index < -0.39 is 0 Å². The Bertz CT molecular complexity index is 1100. The molecular formula is C18H8Br2O2. The molecule has 0 aliphatic heterocycles. The highest BCUT2D eigenvalue weighted by Gasteiger charge is 2.15. The second-order valence-corrected chi connectivity index (χ2v) is 7.14. The monoisotopic (exact) mass is 414 g/mol. The second-order valence-electron chi connectivity index (χ2n) is 5.30. The Morgan fingerprint density at radius 3 is 1.45 bits per heavy atom. The molecule has 0 spiro atoms. The van der Waals surface area contributed by atoms with Crippen LogP contribution >= 0.6 is 31.9 Å². The van der Waals surface area contributed by atoms with Crippen LogP contribution in [0.5, 0.6) is 0 Å². The van der Waals surface area contributed by atoms with Crippen molar-refractivity contribution in [2.75, 3.05) is 0 Å². The fraction of sp³-hybridized carbons (Fsp3) is 0. The molecule has 0 aliphatic carbocycles. The Morgan fingerprint density at radius 2 is 1.00 bits per heavy atom. The van der Waals surface area contributed by atoms with Gasteiger partial charge in [0.05, 0.1) is 0 Å². The minimum Gasteiger partial charge on any atom is -0.452 e. The zero-order chi connectivity index (χ0) is 14.8. The minimum absolute atomic E-state index is 0.804. The number of hydrogen-bond acceptors (Lipinski definition) is 2. The highest BCUT2D eigenvalue weighted by atomic mass is 79.9. The predicted octanol–water partition coefficient (Wildman–Crippen LogP) is 7.01. The van der Waals surface area contributed by atoms with Crippen LogP contribution in [-0.4, -0.2) is 0 Å². The quantitative estimate of drug-likeness (QED) is 0.272. The van der Waals surface area contributed by atoms with Gasteiger partial charge in [0.2, 0.25) is 0 Å². The molecule has 3 aromatic carbocycles. The van der Waals surface area contributed by atoms with Gasteiger partial charge in [-0.15, -0.1) is 0 Å². The van der Waals surface area contributed by atoms with Gasteiger partial charge in [0, 0.05) is 30.5 Å². The summed E-state index contributed by atoms with van der Waals surface area (Å²) in [5.74, 6) is 0. The van der Waals surface area contributed by atoms with E-state index in [9.17, 15) is 0 Å². The van der Waals surface area contributed by atoms with Crippen molar-refractivity contribution < 1.29 is 8.83 Å². The third-order valence-electron chi connectivity index (χ3n) is 4.00. The number of hydrogen-bond donors (Lipinski definition) is 0. The number of rotatable bonds is 0. The first-order chi connectivity index (χ1) is 10.7. The average Bonchev–Trinajstić information content (AvgIpc) is 3.05. The van der Waals surface area contributed by atoms with Gasteiger partial charge >= 0.3 is 0 Å². The number of halogens is 2. The molecule has 0 unspecified atom stereocenters. The summed E-state index contributed by atoms with van der Waals surface area (Å²) in [6.45, 7) is 0. The van der Waals surface area contributed by atoms with Gasteiger partial charge in [-0.3, -0.25) is 0 Å². The molecule has 5 rings (SSSR count). The van der Waals surface area contributed by atoms with Gasteiger partial charge < -0.3 is 8.83 Å². The normalized spacial score (nSPS) is 12.1. The molecule has 106 valence electrons. The van der Waals surface area contributed by atoms with Gasteiger partial charge in [-0.2, -0.15) is 0 Å². The Balaban J connectivity index is 2.03. The van der Waals surface area contributed by atoms with Crippen molar-refractivity contribution in [1.82, 2.24) is 0 Å². The lowest BCUT2D eigenvalue weighted by Crippen LogP contribution is -1.69. The molecule has 0 atom stereocenters. The van der Waals surface area contributed by atoms with E-state index in [4.69, 9.17) is 8.83 Å². The van der Waals surface area contributed by atoms with E-state index in [-0.39, 0.29) is 0 Å². The molecule has 0 fully saturated rings. The first-order valence-electron chi connectivity index (χ1n) is 6.83. The van der Waals surface area contributed by atoms with Gasteiger partial charge in [-0.25, -0.2) is 0 Å². The molecule has 5 aromatic rings. The van der Waals surface area contributed by atoms with Crippen molar-refractivity contribution in [3.63, 3.8) is 0 Å². The highest BCUT2D eigenvalue weighted by Crippen LogP contribution is 2.39. The molecule has 2 aromatic heterocycles. The van der Waals surface area contributed by atoms with Crippen LogP contribution in [0.2, 0.25) is 0 Å². The van der Waals surface area contributed by atoms with E-state index in [1.165, 1.54) is 0 Å². The lowest BCUT2D eigenvalue weighted by Gasteiger charge is -1.92. The van der Waals surface area contributed by atoms with E-state index in [2.05, 4.69) is 56.1 Å². The van der Waals surface area contributed by atoms with Gasteiger partial charge in [-0.05, 0) is 48.5 Å². The lowest BCUT2D eigenvalue weighted by atomic mass is 10.1. The maximum Gasteiger partial charge on any atom is 0.178 e. The van der Waals surface area contributed by atoms with Gasteiger partial charge in [-0.1, -0.05) is 31.9 Å². The molecule has 22 heavy (non-hydrogen) atoms. The summed E-state index contributed by atoms with van der Waals surface area (Å²) in [6.07, 6.45) is 0. The van der Waals surface area contributed by atoms with Crippen LogP contribution in [0, 0.1) is 0 Å². The van der Waals surface area contributed by atoms with Crippen molar-refractivity contribution in [1.29, 1.82) is 0 Å². The summed E-state index contributed by atoms with van der Waals surface area (Å²) >= 11 is 7.04. The zero-order valence-electron chi connectivity index (χ0n) is 11.2. The van der Waals surface area contributed by atoms with Crippen molar-refractivity contribution in [3.05, 3.63) is 57.5 Å². The third-order valence-corrected chi connectivity index (χ3v) is 4.99. The van der Waals surface area contributed by atoms with E-state index in [1.54, 1.807) is 0 Å². The van der Waals surface area contributed by atoms with E-state index in [0.29, 0.717) is 0 Å². The van der Waals surface area contributed by atoms with Crippen molar-refractivity contribution in [3.8, 4) is 0 Å². The SMILES string of the molecule is Brc1ccc2oc3c(ccc4c5cc(Br)ccc5oc43)c2c1. The van der Waals surface area contributed by atoms with Crippen LogP contribution in [-0.2, 0) is 0 Å². The van der Waals surface area contributed by atoms with Crippen molar-refractivity contribution in [2.24, 2.45) is 0 Å². The molecule has 2 heterocycles. The fourth-order valence-corrected chi connectivity index (χ4v) is 3.73. The average molecular weight is 416 g/mol. The first kappa shape index (κ1) is 12.7. The van der Waals surface area contributed by atoms with Crippen LogP contribution in [0.3, 0.4) is 0 Å². The van der Waals surface area contributed by atoms with Crippen molar-refractivity contribution in [2.45, 2.75) is 0 Å². The molecular weight excluding hydrogens is 408 g/mol. The number of furan rings is 2. The molecule has 0 amide bonds. The predicted molar refractivity (Wildman–Crippen MR) is 96.4 cm³/mol.